The van der Waals surface area contributed by atoms with Crippen molar-refractivity contribution in [3.05, 3.63) is 18.1 Å². The lowest BCUT2D eigenvalue weighted by Crippen LogP contribution is -2.18. The van der Waals surface area contributed by atoms with Crippen LogP contribution in [0.5, 0.6) is 0 Å². The fourth-order valence-electron chi connectivity index (χ4n) is 2.03. The summed E-state index contributed by atoms with van der Waals surface area (Å²) in [5.74, 6) is 0.902. The van der Waals surface area contributed by atoms with Crippen molar-refractivity contribution in [3.63, 3.8) is 0 Å². The Morgan fingerprint density at radius 2 is 2.13 bits per heavy atom. The number of ether oxygens (including phenoxy) is 1. The van der Waals surface area contributed by atoms with E-state index in [9.17, 15) is 0 Å². The number of nitrogens with one attached hydrogen (secondary N) is 1. The van der Waals surface area contributed by atoms with Gasteiger partial charge < -0.3 is 10.1 Å². The number of hydrogen-bond donors (Lipinski definition) is 1. The van der Waals surface area contributed by atoms with Gasteiger partial charge in [0.2, 0.25) is 0 Å². The molecule has 1 aromatic heterocycles. The van der Waals surface area contributed by atoms with Crippen LogP contribution in [0.25, 0.3) is 0 Å². The number of aromatic nitrogens is 2. The van der Waals surface area contributed by atoms with Gasteiger partial charge in [0.25, 0.3) is 0 Å². The van der Waals surface area contributed by atoms with Crippen LogP contribution in [0, 0.1) is 6.92 Å². The molecule has 2 atom stereocenters. The summed E-state index contributed by atoms with van der Waals surface area (Å²) in [4.78, 5) is 8.48. The third-order valence-corrected chi connectivity index (χ3v) is 2.94. The summed E-state index contributed by atoms with van der Waals surface area (Å²) in [6.07, 6.45) is 7.18. The molecule has 0 aliphatic heterocycles. The van der Waals surface area contributed by atoms with Crippen molar-refractivity contribution >= 4 is 5.82 Å². The molecular weight excluding hydrogens is 190 g/mol. The summed E-state index contributed by atoms with van der Waals surface area (Å²) in [6, 6.07) is 0.477. The number of aryl methyl sites for hydroxylation is 1. The minimum absolute atomic E-state index is 0.402. The molecule has 15 heavy (non-hydrogen) atoms. The number of hydrogen-bond acceptors (Lipinski definition) is 4. The van der Waals surface area contributed by atoms with E-state index in [0.29, 0.717) is 12.1 Å². The first-order valence-electron chi connectivity index (χ1n) is 5.36. The molecule has 2 unspecified atom stereocenters. The highest BCUT2D eigenvalue weighted by molar-refractivity contribution is 5.39. The van der Waals surface area contributed by atoms with Gasteiger partial charge in [-0.05, 0) is 26.2 Å². The van der Waals surface area contributed by atoms with E-state index < -0.39 is 0 Å². The SMILES string of the molecule is COC1CCC(Nc2nccnc2C)C1. The first-order chi connectivity index (χ1) is 7.29. The fourth-order valence-corrected chi connectivity index (χ4v) is 2.03. The van der Waals surface area contributed by atoms with E-state index in [-0.39, 0.29) is 0 Å². The average molecular weight is 207 g/mol. The Hall–Kier alpha value is -1.16. The molecule has 82 valence electrons. The lowest BCUT2D eigenvalue weighted by atomic mass is 10.2. The number of nitrogens with zero attached hydrogens (tertiary/aromatic N) is 2. The van der Waals surface area contributed by atoms with E-state index >= 15 is 0 Å². The van der Waals surface area contributed by atoms with Gasteiger partial charge in [0.15, 0.2) is 0 Å². The van der Waals surface area contributed by atoms with Crippen molar-refractivity contribution in [2.45, 2.75) is 38.3 Å². The zero-order valence-corrected chi connectivity index (χ0v) is 9.23. The zero-order chi connectivity index (χ0) is 10.7. The Kier molecular flexibility index (Phi) is 3.16. The minimum atomic E-state index is 0.402. The standard InChI is InChI=1S/C11H17N3O/c1-8-11(13-6-5-12-8)14-9-3-4-10(7-9)15-2/h5-6,9-10H,3-4,7H2,1-2H3,(H,13,14). The molecule has 1 saturated carbocycles. The molecule has 1 aliphatic rings. The molecule has 2 rings (SSSR count). The van der Waals surface area contributed by atoms with Crippen LogP contribution >= 0.6 is 0 Å². The summed E-state index contributed by atoms with van der Waals surface area (Å²) in [7, 11) is 1.78. The number of anilines is 1. The van der Waals surface area contributed by atoms with Gasteiger partial charge in [-0.15, -0.1) is 0 Å². The molecule has 1 fully saturated rings. The molecule has 1 aromatic rings. The fraction of sp³-hybridized carbons (Fsp3) is 0.636. The maximum Gasteiger partial charge on any atom is 0.147 e. The van der Waals surface area contributed by atoms with Crippen molar-refractivity contribution in [2.24, 2.45) is 0 Å². The van der Waals surface area contributed by atoms with Crippen LogP contribution in [0.3, 0.4) is 0 Å². The highest BCUT2D eigenvalue weighted by Gasteiger charge is 2.24. The molecular formula is C11H17N3O. The van der Waals surface area contributed by atoms with Gasteiger partial charge in [-0.2, -0.15) is 0 Å². The smallest absolute Gasteiger partial charge is 0.147 e. The van der Waals surface area contributed by atoms with E-state index in [2.05, 4.69) is 15.3 Å². The highest BCUT2D eigenvalue weighted by Crippen LogP contribution is 2.24. The molecule has 0 aromatic carbocycles. The van der Waals surface area contributed by atoms with Crippen molar-refractivity contribution in [3.8, 4) is 0 Å². The van der Waals surface area contributed by atoms with Gasteiger partial charge in [0.05, 0.1) is 11.8 Å². The van der Waals surface area contributed by atoms with Crippen molar-refractivity contribution in [2.75, 3.05) is 12.4 Å². The molecule has 0 amide bonds. The van der Waals surface area contributed by atoms with Crippen LogP contribution in [-0.2, 0) is 4.74 Å². The van der Waals surface area contributed by atoms with Crippen LogP contribution in [-0.4, -0.2) is 29.2 Å². The second-order valence-corrected chi connectivity index (χ2v) is 4.00. The van der Waals surface area contributed by atoms with Gasteiger partial charge in [-0.3, -0.25) is 4.98 Å². The van der Waals surface area contributed by atoms with Crippen molar-refractivity contribution in [1.29, 1.82) is 0 Å². The van der Waals surface area contributed by atoms with Crippen molar-refractivity contribution < 1.29 is 4.74 Å². The van der Waals surface area contributed by atoms with E-state index in [4.69, 9.17) is 4.74 Å². The summed E-state index contributed by atoms with van der Waals surface area (Å²) in [6.45, 7) is 1.97. The van der Waals surface area contributed by atoms with Crippen molar-refractivity contribution in [1.82, 2.24) is 9.97 Å². The number of rotatable bonds is 3. The Morgan fingerprint density at radius 3 is 2.80 bits per heavy atom. The van der Waals surface area contributed by atoms with Gasteiger partial charge in [-0.25, -0.2) is 4.98 Å². The van der Waals surface area contributed by atoms with E-state index in [1.54, 1.807) is 19.5 Å². The lowest BCUT2D eigenvalue weighted by molar-refractivity contribution is 0.108. The Bertz CT molecular complexity index is 329. The first kappa shape index (κ1) is 10.4. The Morgan fingerprint density at radius 1 is 1.33 bits per heavy atom. The van der Waals surface area contributed by atoms with Crippen LogP contribution < -0.4 is 5.32 Å². The molecule has 1 heterocycles. The molecule has 1 N–H and O–H groups in total. The topological polar surface area (TPSA) is 47.0 Å². The summed E-state index contributed by atoms with van der Waals surface area (Å²) in [5, 5.41) is 3.42. The molecule has 4 heteroatoms. The van der Waals surface area contributed by atoms with Crippen LogP contribution in [0.1, 0.15) is 25.0 Å². The van der Waals surface area contributed by atoms with Gasteiger partial charge in [0.1, 0.15) is 5.82 Å². The monoisotopic (exact) mass is 207 g/mol. The predicted octanol–water partition coefficient (Wildman–Crippen LogP) is 1.76. The third kappa shape index (κ3) is 2.45. The maximum absolute atomic E-state index is 5.33. The van der Waals surface area contributed by atoms with Gasteiger partial charge in [0, 0.05) is 25.5 Å². The lowest BCUT2D eigenvalue weighted by Gasteiger charge is -2.14. The predicted molar refractivity (Wildman–Crippen MR) is 58.8 cm³/mol. The second kappa shape index (κ2) is 4.57. The minimum Gasteiger partial charge on any atom is -0.381 e. The quantitative estimate of drug-likeness (QED) is 0.820. The second-order valence-electron chi connectivity index (χ2n) is 4.00. The van der Waals surface area contributed by atoms with Crippen LogP contribution in [0.4, 0.5) is 5.82 Å². The van der Waals surface area contributed by atoms with E-state index in [1.807, 2.05) is 6.92 Å². The zero-order valence-electron chi connectivity index (χ0n) is 9.23. The first-order valence-corrected chi connectivity index (χ1v) is 5.36. The van der Waals surface area contributed by atoms with Crippen LogP contribution in [0.2, 0.25) is 0 Å². The molecule has 0 radical (unpaired) electrons. The maximum atomic E-state index is 5.33. The van der Waals surface area contributed by atoms with Gasteiger partial charge in [-0.1, -0.05) is 0 Å². The summed E-state index contributed by atoms with van der Waals surface area (Å²) >= 11 is 0. The number of methoxy groups -OCH3 is 1. The van der Waals surface area contributed by atoms with Crippen LogP contribution in [0.15, 0.2) is 12.4 Å². The Labute approximate surface area is 90.1 Å². The van der Waals surface area contributed by atoms with Gasteiger partial charge >= 0.3 is 0 Å². The largest absolute Gasteiger partial charge is 0.381 e. The average Bonchev–Trinajstić information content (AvgIpc) is 2.69. The third-order valence-electron chi connectivity index (χ3n) is 2.94. The normalized spacial score (nSPS) is 25.5. The Balaban J connectivity index is 1.96. The summed E-state index contributed by atoms with van der Waals surface area (Å²) in [5.41, 5.74) is 0.957. The summed E-state index contributed by atoms with van der Waals surface area (Å²) < 4.78 is 5.33. The molecule has 0 saturated heterocycles. The van der Waals surface area contributed by atoms with E-state index in [0.717, 1.165) is 30.8 Å². The molecule has 0 bridgehead atoms. The van der Waals surface area contributed by atoms with E-state index in [1.165, 1.54) is 0 Å². The molecule has 4 nitrogen and oxygen atoms in total. The highest BCUT2D eigenvalue weighted by atomic mass is 16.5. The molecule has 0 spiro atoms. The molecule has 1 aliphatic carbocycles.